The summed E-state index contributed by atoms with van der Waals surface area (Å²) < 4.78 is 14.9. The zero-order chi connectivity index (χ0) is 17.0. The van der Waals surface area contributed by atoms with Crippen LogP contribution in [0.3, 0.4) is 0 Å². The minimum atomic E-state index is -0.495. The lowest BCUT2D eigenvalue weighted by Crippen LogP contribution is -2.14. The summed E-state index contributed by atoms with van der Waals surface area (Å²) in [4.78, 5) is 27.7. The number of nitrogens with zero attached hydrogens (tertiary/aromatic N) is 1. The first-order valence-corrected chi connectivity index (χ1v) is 9.68. The van der Waals surface area contributed by atoms with Crippen molar-refractivity contribution in [3.8, 4) is 0 Å². The van der Waals surface area contributed by atoms with Crippen LogP contribution < -0.4 is 5.32 Å². The average Bonchev–Trinajstić information content (AvgIpc) is 2.85. The van der Waals surface area contributed by atoms with Crippen LogP contribution in [-0.2, 0) is 4.79 Å². The first-order valence-electron chi connectivity index (χ1n) is 6.65. The second-order valence-electron chi connectivity index (χ2n) is 4.63. The summed E-state index contributed by atoms with van der Waals surface area (Å²) in [6, 6.07) is 4.27. The molecule has 0 spiro atoms. The molecule has 1 heterocycles. The fraction of sp³-hybridized carbons (Fsp3) is 0.267. The van der Waals surface area contributed by atoms with Crippen molar-refractivity contribution in [2.45, 2.75) is 23.0 Å². The number of amides is 1. The number of hydrogen-bond donors (Lipinski definition) is 1. The third-order valence-electron chi connectivity index (χ3n) is 2.88. The number of ketones is 1. The number of thiazole rings is 1. The van der Waals surface area contributed by atoms with E-state index >= 15 is 0 Å². The molecular weight excluding hydrogens is 355 g/mol. The number of aryl methyl sites for hydroxylation is 1. The van der Waals surface area contributed by atoms with E-state index in [-0.39, 0.29) is 17.4 Å². The van der Waals surface area contributed by atoms with Gasteiger partial charge in [0.2, 0.25) is 5.91 Å². The van der Waals surface area contributed by atoms with Crippen LogP contribution in [0.5, 0.6) is 0 Å². The Kier molecular flexibility index (Phi) is 6.20. The quantitative estimate of drug-likeness (QED) is 0.609. The van der Waals surface area contributed by atoms with E-state index in [2.05, 4.69) is 10.3 Å². The number of aromatic nitrogens is 1. The van der Waals surface area contributed by atoms with E-state index in [1.54, 1.807) is 17.8 Å². The molecular formula is C15H15FN2O2S3. The number of anilines is 1. The number of benzene rings is 1. The Morgan fingerprint density at radius 2 is 2.13 bits per heavy atom. The number of thioether (sulfide) groups is 2. The molecule has 0 aliphatic heterocycles. The standard InChI is InChI=1S/C15H15FN2O2S3/c1-8-14(21-3)23-15(17-8)18-13(20)7-22-12-5-4-10(9(2)19)6-11(12)16/h4-6H,7H2,1-3H3,(H,17,18,20). The van der Waals surface area contributed by atoms with Gasteiger partial charge in [0.1, 0.15) is 5.82 Å². The van der Waals surface area contributed by atoms with E-state index in [4.69, 9.17) is 0 Å². The molecule has 0 saturated heterocycles. The van der Waals surface area contributed by atoms with Gasteiger partial charge < -0.3 is 5.32 Å². The topological polar surface area (TPSA) is 59.1 Å². The number of halogens is 1. The highest BCUT2D eigenvalue weighted by Gasteiger charge is 2.12. The van der Waals surface area contributed by atoms with Gasteiger partial charge in [0.25, 0.3) is 0 Å². The van der Waals surface area contributed by atoms with Crippen molar-refractivity contribution in [2.75, 3.05) is 17.3 Å². The summed E-state index contributed by atoms with van der Waals surface area (Å²) in [7, 11) is 0. The molecule has 0 bridgehead atoms. The SMILES string of the molecule is CSc1sc(NC(=O)CSc2ccc(C(C)=O)cc2F)nc1C. The normalized spacial score (nSPS) is 10.6. The first kappa shape index (κ1) is 18.0. The summed E-state index contributed by atoms with van der Waals surface area (Å²) in [5.74, 6) is -0.859. The van der Waals surface area contributed by atoms with Gasteiger partial charge >= 0.3 is 0 Å². The van der Waals surface area contributed by atoms with Crippen LogP contribution in [0.4, 0.5) is 9.52 Å². The lowest BCUT2D eigenvalue weighted by Gasteiger charge is -2.04. The summed E-state index contributed by atoms with van der Waals surface area (Å²) in [6.07, 6.45) is 1.95. The molecule has 0 atom stereocenters. The molecule has 0 fully saturated rings. The minimum absolute atomic E-state index is 0.0730. The molecule has 2 aromatic rings. The molecule has 1 N–H and O–H groups in total. The summed E-state index contributed by atoms with van der Waals surface area (Å²) in [5, 5.41) is 3.26. The highest BCUT2D eigenvalue weighted by Crippen LogP contribution is 2.30. The van der Waals surface area contributed by atoms with Crippen molar-refractivity contribution in [1.82, 2.24) is 4.98 Å². The Morgan fingerprint density at radius 1 is 1.39 bits per heavy atom. The van der Waals surface area contributed by atoms with Crippen molar-refractivity contribution >= 4 is 51.7 Å². The van der Waals surface area contributed by atoms with Crippen molar-refractivity contribution < 1.29 is 14.0 Å². The fourth-order valence-electron chi connectivity index (χ4n) is 1.76. The Balaban J connectivity index is 1.95. The Labute approximate surface area is 146 Å². The molecule has 1 aromatic carbocycles. The zero-order valence-electron chi connectivity index (χ0n) is 12.8. The van der Waals surface area contributed by atoms with Gasteiger partial charge in [-0.1, -0.05) is 17.4 Å². The van der Waals surface area contributed by atoms with E-state index < -0.39 is 5.82 Å². The summed E-state index contributed by atoms with van der Waals surface area (Å²) >= 11 is 4.08. The molecule has 0 unspecified atom stereocenters. The highest BCUT2D eigenvalue weighted by atomic mass is 32.2. The van der Waals surface area contributed by atoms with Crippen molar-refractivity contribution in [2.24, 2.45) is 0 Å². The number of carbonyl (C=O) groups is 2. The minimum Gasteiger partial charge on any atom is -0.301 e. The summed E-state index contributed by atoms with van der Waals surface area (Å²) in [6.45, 7) is 3.27. The molecule has 0 saturated carbocycles. The van der Waals surface area contributed by atoms with Crippen LogP contribution in [0.2, 0.25) is 0 Å². The van der Waals surface area contributed by atoms with Crippen LogP contribution in [0.15, 0.2) is 27.3 Å². The molecule has 2 rings (SSSR count). The van der Waals surface area contributed by atoms with Gasteiger partial charge in [-0.15, -0.1) is 23.5 Å². The third kappa shape index (κ3) is 4.79. The van der Waals surface area contributed by atoms with Crippen LogP contribution in [0.1, 0.15) is 23.0 Å². The smallest absolute Gasteiger partial charge is 0.236 e. The second-order valence-corrected chi connectivity index (χ2v) is 7.73. The second kappa shape index (κ2) is 7.94. The van der Waals surface area contributed by atoms with Crippen LogP contribution in [0.25, 0.3) is 0 Å². The maximum Gasteiger partial charge on any atom is 0.236 e. The molecule has 122 valence electrons. The average molecular weight is 370 g/mol. The molecule has 1 aromatic heterocycles. The van der Waals surface area contributed by atoms with Gasteiger partial charge in [0.15, 0.2) is 10.9 Å². The van der Waals surface area contributed by atoms with E-state index in [1.807, 2.05) is 13.2 Å². The Morgan fingerprint density at radius 3 is 2.70 bits per heavy atom. The molecule has 0 aliphatic carbocycles. The number of Topliss-reactive ketones (excluding diaryl/α,β-unsaturated/α-hetero) is 1. The van der Waals surface area contributed by atoms with Crippen LogP contribution >= 0.6 is 34.9 Å². The van der Waals surface area contributed by atoms with E-state index in [9.17, 15) is 14.0 Å². The first-order chi connectivity index (χ1) is 10.9. The maximum absolute atomic E-state index is 13.9. The predicted molar refractivity (Wildman–Crippen MR) is 94.4 cm³/mol. The molecule has 0 aliphatic rings. The number of rotatable bonds is 6. The molecule has 8 heteroatoms. The van der Waals surface area contributed by atoms with E-state index in [1.165, 1.54) is 30.4 Å². The van der Waals surface area contributed by atoms with Crippen LogP contribution in [0, 0.1) is 12.7 Å². The van der Waals surface area contributed by atoms with Gasteiger partial charge in [0, 0.05) is 10.5 Å². The largest absolute Gasteiger partial charge is 0.301 e. The van der Waals surface area contributed by atoms with E-state index in [0.717, 1.165) is 21.7 Å². The summed E-state index contributed by atoms with van der Waals surface area (Å²) in [5.41, 5.74) is 1.20. The molecule has 1 amide bonds. The highest BCUT2D eigenvalue weighted by molar-refractivity contribution is 8.00. The molecule has 4 nitrogen and oxygen atoms in total. The van der Waals surface area contributed by atoms with Gasteiger partial charge in [0.05, 0.1) is 15.7 Å². The number of nitrogens with one attached hydrogen (secondary N) is 1. The van der Waals surface area contributed by atoms with Gasteiger partial charge in [-0.05, 0) is 32.2 Å². The van der Waals surface area contributed by atoms with Crippen molar-refractivity contribution in [1.29, 1.82) is 0 Å². The molecule has 0 radical (unpaired) electrons. The van der Waals surface area contributed by atoms with Crippen LogP contribution in [-0.4, -0.2) is 28.7 Å². The van der Waals surface area contributed by atoms with Gasteiger partial charge in [-0.25, -0.2) is 9.37 Å². The monoisotopic (exact) mass is 370 g/mol. The molecule has 23 heavy (non-hydrogen) atoms. The van der Waals surface area contributed by atoms with Crippen molar-refractivity contribution in [3.63, 3.8) is 0 Å². The van der Waals surface area contributed by atoms with Gasteiger partial charge in [-0.3, -0.25) is 9.59 Å². The zero-order valence-corrected chi connectivity index (χ0v) is 15.3. The number of carbonyl (C=O) groups excluding carboxylic acids is 2. The Bertz CT molecular complexity index is 746. The third-order valence-corrected chi connectivity index (χ3v) is 6.22. The number of hydrogen-bond acceptors (Lipinski definition) is 6. The van der Waals surface area contributed by atoms with E-state index in [0.29, 0.717) is 15.6 Å². The van der Waals surface area contributed by atoms with Crippen molar-refractivity contribution in [3.05, 3.63) is 35.3 Å². The lowest BCUT2D eigenvalue weighted by atomic mass is 10.1. The predicted octanol–water partition coefficient (Wildman–Crippen LogP) is 4.25. The fourth-order valence-corrected chi connectivity index (χ4v) is 4.11. The Hall–Kier alpha value is -1.38. The van der Waals surface area contributed by atoms with Gasteiger partial charge in [-0.2, -0.15) is 0 Å². The lowest BCUT2D eigenvalue weighted by molar-refractivity contribution is -0.113. The maximum atomic E-state index is 13.9.